The first-order chi connectivity index (χ1) is 26.1. The van der Waals surface area contributed by atoms with Crippen LogP contribution in [0.5, 0.6) is 5.75 Å². The number of carbonyl (C=O) groups is 3. The van der Waals surface area contributed by atoms with Gasteiger partial charge in [0.05, 0.1) is 17.8 Å². The number of alkyl halides is 3. The minimum absolute atomic E-state index is 0.0320. The van der Waals surface area contributed by atoms with E-state index in [4.69, 9.17) is 41.9 Å². The Morgan fingerprint density at radius 2 is 1.67 bits per heavy atom. The molecule has 0 unspecified atom stereocenters. The molecule has 13 nitrogen and oxygen atoms in total. The van der Waals surface area contributed by atoms with Gasteiger partial charge >= 0.3 is 18.1 Å². The standard InChI is InChI=1S/C34H34ClN7O4S2.C2HF3O2/c1-3-14-39-31-27(17-37)30(22-6-10-26(11-7-22)46-16-15-42(21(2)34(44)45)29(43)12-13-36)28(18-38)33(41-31)48-20-25-19-47-32(40-25)23-4-8-24(35)9-5-23;3-2(4,5)1(6)7/h4-11,19,21H,3,12-16,20,36H2,1-2H3,(H,39,41)(H,44,45);(H,6,7)/t21-;/m0./s1. The zero-order chi connectivity index (χ0) is 40.7. The number of nitrogens with two attached hydrogens (primary N) is 1. The highest BCUT2D eigenvalue weighted by atomic mass is 35.5. The molecule has 1 amide bonds. The van der Waals surface area contributed by atoms with Gasteiger partial charge in [-0.25, -0.2) is 19.6 Å². The van der Waals surface area contributed by atoms with Crippen LogP contribution in [-0.2, 0) is 20.1 Å². The minimum Gasteiger partial charge on any atom is -0.492 e. The number of amides is 1. The maximum absolute atomic E-state index is 12.4. The molecule has 0 aliphatic heterocycles. The molecule has 0 saturated carbocycles. The molecule has 0 bridgehead atoms. The molecule has 5 N–H and O–H groups in total. The van der Waals surface area contributed by atoms with Crippen molar-refractivity contribution in [3.8, 4) is 39.6 Å². The van der Waals surface area contributed by atoms with Crippen LogP contribution >= 0.6 is 34.7 Å². The number of aromatic nitrogens is 2. The van der Waals surface area contributed by atoms with Crippen molar-refractivity contribution in [3.05, 3.63) is 75.8 Å². The van der Waals surface area contributed by atoms with Crippen LogP contribution in [0.3, 0.4) is 0 Å². The molecule has 0 saturated heterocycles. The molecule has 19 heteroatoms. The average molecular weight is 818 g/mol. The Morgan fingerprint density at radius 3 is 2.22 bits per heavy atom. The molecule has 1 atom stereocenters. The molecule has 2 aromatic carbocycles. The van der Waals surface area contributed by atoms with Crippen LogP contribution in [0.15, 0.2) is 58.9 Å². The minimum atomic E-state index is -5.08. The lowest BCUT2D eigenvalue weighted by Gasteiger charge is -2.26. The van der Waals surface area contributed by atoms with Gasteiger partial charge in [0.2, 0.25) is 5.91 Å². The van der Waals surface area contributed by atoms with Crippen molar-refractivity contribution in [1.29, 1.82) is 10.5 Å². The van der Waals surface area contributed by atoms with Gasteiger partial charge in [0.25, 0.3) is 0 Å². The maximum atomic E-state index is 12.4. The summed E-state index contributed by atoms with van der Waals surface area (Å²) in [5, 5.41) is 44.3. The maximum Gasteiger partial charge on any atom is 0.490 e. The van der Waals surface area contributed by atoms with Crippen LogP contribution in [-0.4, -0.2) is 81.4 Å². The van der Waals surface area contributed by atoms with E-state index in [0.29, 0.717) is 45.0 Å². The van der Waals surface area contributed by atoms with Crippen LogP contribution in [0.1, 0.15) is 43.5 Å². The zero-order valence-corrected chi connectivity index (χ0v) is 31.8. The lowest BCUT2D eigenvalue weighted by molar-refractivity contribution is -0.192. The van der Waals surface area contributed by atoms with Gasteiger partial charge < -0.3 is 30.9 Å². The summed E-state index contributed by atoms with van der Waals surface area (Å²) in [6, 6.07) is 17.9. The van der Waals surface area contributed by atoms with E-state index in [0.717, 1.165) is 22.7 Å². The number of carboxylic acid groups (broad SMARTS) is 2. The highest BCUT2D eigenvalue weighted by molar-refractivity contribution is 7.98. The van der Waals surface area contributed by atoms with E-state index in [9.17, 15) is 38.4 Å². The number of nitriles is 2. The third-order valence-electron chi connectivity index (χ3n) is 7.42. The number of carbonyl (C=O) groups excluding carboxylic acids is 1. The zero-order valence-electron chi connectivity index (χ0n) is 29.4. The molecule has 0 aliphatic rings. The topological polar surface area (TPSA) is 216 Å². The number of nitrogens with one attached hydrogen (secondary N) is 1. The van der Waals surface area contributed by atoms with E-state index in [1.165, 1.54) is 34.9 Å². The fourth-order valence-corrected chi connectivity index (χ4v) is 6.63. The summed E-state index contributed by atoms with van der Waals surface area (Å²) in [6.45, 7) is 4.26. The summed E-state index contributed by atoms with van der Waals surface area (Å²) in [7, 11) is 0. The van der Waals surface area contributed by atoms with Crippen molar-refractivity contribution < 1.29 is 42.5 Å². The number of halogens is 4. The summed E-state index contributed by atoms with van der Waals surface area (Å²) in [4.78, 5) is 43.5. The Bertz CT molecular complexity index is 2040. The van der Waals surface area contributed by atoms with Crippen LogP contribution in [0.4, 0.5) is 19.0 Å². The van der Waals surface area contributed by atoms with Crippen LogP contribution in [0, 0.1) is 22.7 Å². The van der Waals surface area contributed by atoms with Gasteiger partial charge in [0.1, 0.15) is 52.0 Å². The molecular formula is C36H35ClF3N7O6S2. The summed E-state index contributed by atoms with van der Waals surface area (Å²) in [5.41, 5.74) is 8.90. The molecule has 55 heavy (non-hydrogen) atoms. The predicted octanol–water partition coefficient (Wildman–Crippen LogP) is 7.05. The third kappa shape index (κ3) is 12.6. The van der Waals surface area contributed by atoms with Gasteiger partial charge in [-0.15, -0.1) is 11.3 Å². The first-order valence-corrected chi connectivity index (χ1v) is 18.6. The lowest BCUT2D eigenvalue weighted by atomic mass is 9.96. The van der Waals surface area contributed by atoms with Gasteiger partial charge in [0, 0.05) is 46.8 Å². The SMILES string of the molecule is CCCNc1nc(SCc2csc(-c3ccc(Cl)cc3)n2)c(C#N)c(-c2ccc(OCCN(C(=O)CCN)[C@@H](C)C(=O)O)cc2)c1C#N.O=C(O)C(F)(F)F. The Balaban J connectivity index is 0.00000106. The van der Waals surface area contributed by atoms with Crippen LogP contribution in [0.2, 0.25) is 5.02 Å². The van der Waals surface area contributed by atoms with Gasteiger partial charge in [0.15, 0.2) is 0 Å². The Morgan fingerprint density at radius 1 is 1.05 bits per heavy atom. The first kappa shape index (κ1) is 44.0. The van der Waals surface area contributed by atoms with Crippen molar-refractivity contribution in [2.45, 2.75) is 49.7 Å². The summed E-state index contributed by atoms with van der Waals surface area (Å²) in [5.74, 6) is -2.92. The number of nitrogens with zero attached hydrogens (tertiary/aromatic N) is 5. The second-order valence-electron chi connectivity index (χ2n) is 11.3. The van der Waals surface area contributed by atoms with Gasteiger partial charge in [-0.3, -0.25) is 4.79 Å². The molecule has 0 radical (unpaired) electrons. The molecule has 2 aromatic heterocycles. The normalized spacial score (nSPS) is 11.3. The largest absolute Gasteiger partial charge is 0.492 e. The van der Waals surface area contributed by atoms with E-state index >= 15 is 0 Å². The number of aliphatic carboxylic acids is 2. The molecule has 0 aliphatic carbocycles. The number of ether oxygens (including phenoxy) is 1. The van der Waals surface area contributed by atoms with Crippen LogP contribution < -0.4 is 15.8 Å². The van der Waals surface area contributed by atoms with Crippen LogP contribution in [0.25, 0.3) is 21.7 Å². The monoisotopic (exact) mass is 817 g/mol. The second kappa shape index (κ2) is 20.9. The third-order valence-corrected chi connectivity index (χ3v) is 9.62. The van der Waals surface area contributed by atoms with Gasteiger partial charge in [-0.1, -0.05) is 54.6 Å². The summed E-state index contributed by atoms with van der Waals surface area (Å²) in [6.07, 6.45) is -4.24. The Kier molecular flexibility index (Phi) is 16.7. The molecule has 0 spiro atoms. The quantitative estimate of drug-likeness (QED) is 0.0836. The van der Waals surface area contributed by atoms with Gasteiger partial charge in [-0.2, -0.15) is 23.7 Å². The molecule has 290 valence electrons. The number of benzene rings is 2. The number of carboxylic acids is 2. The van der Waals surface area contributed by atoms with Crippen molar-refractivity contribution >= 4 is 58.4 Å². The van der Waals surface area contributed by atoms with E-state index < -0.39 is 24.2 Å². The smallest absolute Gasteiger partial charge is 0.490 e. The molecule has 4 aromatic rings. The number of hydrogen-bond donors (Lipinski definition) is 4. The van der Waals surface area contributed by atoms with E-state index in [2.05, 4.69) is 17.5 Å². The highest BCUT2D eigenvalue weighted by Gasteiger charge is 2.38. The molecular weight excluding hydrogens is 783 g/mol. The van der Waals surface area contributed by atoms with Gasteiger partial charge in [-0.05, 0) is 43.2 Å². The van der Waals surface area contributed by atoms with E-state index in [-0.39, 0.29) is 43.2 Å². The second-order valence-corrected chi connectivity index (χ2v) is 13.6. The van der Waals surface area contributed by atoms with Crippen molar-refractivity contribution in [2.75, 3.05) is 31.6 Å². The number of thioether (sulfide) groups is 1. The summed E-state index contributed by atoms with van der Waals surface area (Å²) < 4.78 is 37.6. The number of anilines is 1. The predicted molar refractivity (Wildman–Crippen MR) is 202 cm³/mol. The fourth-order valence-electron chi connectivity index (χ4n) is 4.70. The average Bonchev–Trinajstić information content (AvgIpc) is 3.63. The number of hydrogen-bond acceptors (Lipinski definition) is 12. The number of thiazole rings is 1. The van der Waals surface area contributed by atoms with Crippen molar-refractivity contribution in [1.82, 2.24) is 14.9 Å². The number of pyridine rings is 1. The molecule has 4 rings (SSSR count). The first-order valence-electron chi connectivity index (χ1n) is 16.4. The van der Waals surface area contributed by atoms with E-state index in [1.807, 2.05) is 36.6 Å². The number of rotatable bonds is 16. The Labute approximate surface area is 327 Å². The fraction of sp³-hybridized carbons (Fsp3) is 0.306. The molecule has 2 heterocycles. The lowest BCUT2D eigenvalue weighted by Crippen LogP contribution is -2.45. The van der Waals surface area contributed by atoms with E-state index in [1.54, 1.807) is 24.3 Å². The summed E-state index contributed by atoms with van der Waals surface area (Å²) >= 11 is 8.92. The highest BCUT2D eigenvalue weighted by Crippen LogP contribution is 2.38. The van der Waals surface area contributed by atoms with Crippen molar-refractivity contribution in [2.24, 2.45) is 5.73 Å². The van der Waals surface area contributed by atoms with Crippen molar-refractivity contribution in [3.63, 3.8) is 0 Å². The Hall–Kier alpha value is -5.40. The molecule has 0 fully saturated rings.